The highest BCUT2D eigenvalue weighted by Gasteiger charge is 2.18. The predicted molar refractivity (Wildman–Crippen MR) is 96.7 cm³/mol. The lowest BCUT2D eigenvalue weighted by atomic mass is 10.1. The van der Waals surface area contributed by atoms with Crippen LogP contribution in [-0.2, 0) is 0 Å². The van der Waals surface area contributed by atoms with E-state index in [-0.39, 0.29) is 18.0 Å². The molecule has 5 nitrogen and oxygen atoms in total. The molecule has 1 aromatic carbocycles. The van der Waals surface area contributed by atoms with Crippen molar-refractivity contribution in [3.8, 4) is 5.69 Å². The lowest BCUT2D eigenvalue weighted by Crippen LogP contribution is -2.28. The van der Waals surface area contributed by atoms with Crippen molar-refractivity contribution in [2.24, 2.45) is 0 Å². The van der Waals surface area contributed by atoms with E-state index in [2.05, 4.69) is 10.3 Å². The summed E-state index contributed by atoms with van der Waals surface area (Å²) < 4.78 is 28.2. The van der Waals surface area contributed by atoms with Crippen LogP contribution in [0.2, 0.25) is 0 Å². The zero-order valence-corrected chi connectivity index (χ0v) is 14.9. The average molecular weight is 371 g/mol. The fourth-order valence-electron chi connectivity index (χ4n) is 3.00. The molecule has 0 aliphatic carbocycles. The molecule has 0 radical (unpaired) electrons. The monoisotopic (exact) mass is 371 g/mol. The van der Waals surface area contributed by atoms with Gasteiger partial charge in [-0.2, -0.15) is 0 Å². The fourth-order valence-corrected chi connectivity index (χ4v) is 3.00. The predicted octanol–water partition coefficient (Wildman–Crippen LogP) is 3.23. The number of carbonyl (C=O) groups is 1. The molecule has 1 atom stereocenters. The largest absolute Gasteiger partial charge is 0.387 e. The van der Waals surface area contributed by atoms with Crippen molar-refractivity contribution in [1.82, 2.24) is 14.9 Å². The molecular formula is C20H19F2N3O2. The number of carbonyl (C=O) groups excluding carboxylic acids is 1. The number of aliphatic hydroxyl groups excluding tert-OH is 1. The van der Waals surface area contributed by atoms with Crippen molar-refractivity contribution < 1.29 is 18.7 Å². The maximum Gasteiger partial charge on any atom is 0.253 e. The van der Waals surface area contributed by atoms with E-state index in [4.69, 9.17) is 0 Å². The van der Waals surface area contributed by atoms with E-state index >= 15 is 0 Å². The molecule has 0 spiro atoms. The van der Waals surface area contributed by atoms with Crippen molar-refractivity contribution >= 4 is 5.91 Å². The van der Waals surface area contributed by atoms with Gasteiger partial charge < -0.3 is 15.0 Å². The molecule has 27 heavy (non-hydrogen) atoms. The lowest BCUT2D eigenvalue weighted by molar-refractivity contribution is 0.0915. The Morgan fingerprint density at radius 1 is 1.22 bits per heavy atom. The smallest absolute Gasteiger partial charge is 0.253 e. The van der Waals surface area contributed by atoms with Crippen molar-refractivity contribution in [3.63, 3.8) is 0 Å². The molecule has 7 heteroatoms. The Labute approximate surface area is 155 Å². The van der Waals surface area contributed by atoms with Crippen LogP contribution in [0.5, 0.6) is 0 Å². The highest BCUT2D eigenvalue weighted by Crippen LogP contribution is 2.21. The van der Waals surface area contributed by atoms with Gasteiger partial charge in [0.25, 0.3) is 5.91 Å². The highest BCUT2D eigenvalue weighted by atomic mass is 19.2. The standard InChI is InChI=1S/C20H19F2N3O2/c1-12-8-16(13(2)25(12)15-4-3-7-23-10-15)20(27)24-11-19(26)14-5-6-17(21)18(22)9-14/h3-10,19,26H,11H2,1-2H3,(H,24,27). The summed E-state index contributed by atoms with van der Waals surface area (Å²) in [5.74, 6) is -2.39. The van der Waals surface area contributed by atoms with Gasteiger partial charge in [0.2, 0.25) is 0 Å². The van der Waals surface area contributed by atoms with Crippen LogP contribution in [0.25, 0.3) is 5.69 Å². The first kappa shape index (κ1) is 18.7. The molecule has 0 saturated carbocycles. The molecule has 1 amide bonds. The number of aliphatic hydroxyl groups is 1. The Bertz CT molecular complexity index is 971. The SMILES string of the molecule is Cc1cc(C(=O)NCC(O)c2ccc(F)c(F)c2)c(C)n1-c1cccnc1. The molecule has 3 rings (SSSR count). The minimum atomic E-state index is -1.15. The Hall–Kier alpha value is -3.06. The van der Waals surface area contributed by atoms with Gasteiger partial charge in [-0.25, -0.2) is 8.78 Å². The number of hydrogen-bond acceptors (Lipinski definition) is 3. The summed E-state index contributed by atoms with van der Waals surface area (Å²) >= 11 is 0. The van der Waals surface area contributed by atoms with Gasteiger partial charge in [0, 0.05) is 24.1 Å². The van der Waals surface area contributed by atoms with Crippen LogP contribution in [0.3, 0.4) is 0 Å². The van der Waals surface area contributed by atoms with Crippen LogP contribution in [0.1, 0.15) is 33.4 Å². The number of halogens is 2. The number of benzene rings is 1. The van der Waals surface area contributed by atoms with E-state index in [1.807, 2.05) is 30.5 Å². The molecule has 2 heterocycles. The normalized spacial score (nSPS) is 12.0. The third-order valence-corrected chi connectivity index (χ3v) is 4.36. The summed E-state index contributed by atoms with van der Waals surface area (Å²) in [7, 11) is 0. The van der Waals surface area contributed by atoms with E-state index in [1.54, 1.807) is 18.5 Å². The number of rotatable bonds is 5. The van der Waals surface area contributed by atoms with Crippen molar-refractivity contribution in [1.29, 1.82) is 0 Å². The number of nitrogens with zero attached hydrogens (tertiary/aromatic N) is 2. The Balaban J connectivity index is 1.74. The zero-order chi connectivity index (χ0) is 19.6. The summed E-state index contributed by atoms with van der Waals surface area (Å²) in [4.78, 5) is 16.6. The molecule has 0 saturated heterocycles. The molecule has 0 aliphatic heterocycles. The summed E-state index contributed by atoms with van der Waals surface area (Å²) in [5, 5.41) is 12.8. The molecule has 140 valence electrons. The maximum atomic E-state index is 13.3. The molecule has 3 aromatic rings. The van der Waals surface area contributed by atoms with Crippen molar-refractivity contribution in [3.05, 3.63) is 82.9 Å². The fraction of sp³-hybridized carbons (Fsp3) is 0.200. The van der Waals surface area contributed by atoms with Crippen molar-refractivity contribution in [2.45, 2.75) is 20.0 Å². The van der Waals surface area contributed by atoms with Crippen molar-refractivity contribution in [2.75, 3.05) is 6.54 Å². The van der Waals surface area contributed by atoms with E-state index in [0.29, 0.717) is 5.56 Å². The van der Waals surface area contributed by atoms with Gasteiger partial charge in [-0.15, -0.1) is 0 Å². The van der Waals surface area contributed by atoms with Gasteiger partial charge in [0.1, 0.15) is 0 Å². The number of aryl methyl sites for hydroxylation is 1. The van der Waals surface area contributed by atoms with Crippen LogP contribution >= 0.6 is 0 Å². The van der Waals surface area contributed by atoms with Gasteiger partial charge >= 0.3 is 0 Å². The second kappa shape index (κ2) is 7.67. The first-order chi connectivity index (χ1) is 12.9. The molecular weight excluding hydrogens is 352 g/mol. The highest BCUT2D eigenvalue weighted by molar-refractivity contribution is 5.95. The number of aromatic nitrogens is 2. The van der Waals surface area contributed by atoms with Crippen LogP contribution < -0.4 is 5.32 Å². The first-order valence-electron chi connectivity index (χ1n) is 8.39. The second-order valence-electron chi connectivity index (χ2n) is 6.23. The van der Waals surface area contributed by atoms with Gasteiger partial charge in [0.15, 0.2) is 11.6 Å². The number of nitrogens with one attached hydrogen (secondary N) is 1. The van der Waals surface area contributed by atoms with E-state index in [1.165, 1.54) is 6.07 Å². The topological polar surface area (TPSA) is 67.2 Å². The molecule has 2 N–H and O–H groups in total. The Morgan fingerprint density at radius 2 is 2.00 bits per heavy atom. The minimum Gasteiger partial charge on any atom is -0.387 e. The summed E-state index contributed by atoms with van der Waals surface area (Å²) in [6.45, 7) is 3.58. The number of pyridine rings is 1. The van der Waals surface area contributed by atoms with Crippen LogP contribution in [0.4, 0.5) is 8.78 Å². The molecule has 1 unspecified atom stereocenters. The maximum absolute atomic E-state index is 13.3. The second-order valence-corrected chi connectivity index (χ2v) is 6.23. The Morgan fingerprint density at radius 3 is 2.67 bits per heavy atom. The minimum absolute atomic E-state index is 0.125. The molecule has 0 bridgehead atoms. The Kier molecular flexibility index (Phi) is 5.32. The van der Waals surface area contributed by atoms with Crippen LogP contribution in [0.15, 0.2) is 48.8 Å². The summed E-state index contributed by atoms with van der Waals surface area (Å²) in [5.41, 5.74) is 3.10. The quantitative estimate of drug-likeness (QED) is 0.724. The zero-order valence-electron chi connectivity index (χ0n) is 14.9. The van der Waals surface area contributed by atoms with Crippen LogP contribution in [0, 0.1) is 25.5 Å². The van der Waals surface area contributed by atoms with Gasteiger partial charge in [-0.1, -0.05) is 6.07 Å². The van der Waals surface area contributed by atoms with E-state index in [9.17, 15) is 18.7 Å². The molecule has 2 aromatic heterocycles. The molecule has 0 aliphatic rings. The third-order valence-electron chi connectivity index (χ3n) is 4.36. The third kappa shape index (κ3) is 3.88. The lowest BCUT2D eigenvalue weighted by Gasteiger charge is -2.13. The van der Waals surface area contributed by atoms with Crippen LogP contribution in [-0.4, -0.2) is 27.1 Å². The van der Waals surface area contributed by atoms with Gasteiger partial charge in [-0.3, -0.25) is 9.78 Å². The van der Waals surface area contributed by atoms with Gasteiger partial charge in [-0.05, 0) is 49.7 Å². The average Bonchev–Trinajstić information content (AvgIpc) is 2.96. The number of hydrogen-bond donors (Lipinski definition) is 2. The molecule has 0 fully saturated rings. The summed E-state index contributed by atoms with van der Waals surface area (Å²) in [6.07, 6.45) is 2.23. The summed E-state index contributed by atoms with van der Waals surface area (Å²) in [6, 6.07) is 8.59. The van der Waals surface area contributed by atoms with Gasteiger partial charge in [0.05, 0.1) is 23.6 Å². The number of amides is 1. The first-order valence-corrected chi connectivity index (χ1v) is 8.39. The van der Waals surface area contributed by atoms with E-state index < -0.39 is 17.7 Å². The van der Waals surface area contributed by atoms with E-state index in [0.717, 1.165) is 29.2 Å².